The van der Waals surface area contributed by atoms with Crippen molar-refractivity contribution in [2.24, 2.45) is 5.84 Å². The van der Waals surface area contributed by atoms with E-state index in [0.717, 1.165) is 0 Å². The Labute approximate surface area is 104 Å². The number of carbonyl (C=O) groups is 4. The molecule has 9 nitrogen and oxygen atoms in total. The predicted octanol–water partition coefficient (Wildman–Crippen LogP) is -3.27. The highest BCUT2D eigenvalue weighted by molar-refractivity contribution is 5.91. The molecule has 0 fully saturated rings. The Kier molecular flexibility index (Phi) is 7.05. The fourth-order valence-corrected chi connectivity index (χ4v) is 0.953. The molecule has 9 heteroatoms. The van der Waals surface area contributed by atoms with Crippen molar-refractivity contribution < 1.29 is 19.2 Å². The second kappa shape index (κ2) is 8.01. The van der Waals surface area contributed by atoms with Crippen LogP contribution in [-0.2, 0) is 19.2 Å². The first-order valence-corrected chi connectivity index (χ1v) is 5.19. The van der Waals surface area contributed by atoms with Crippen molar-refractivity contribution in [3.63, 3.8) is 0 Å². The van der Waals surface area contributed by atoms with Crippen LogP contribution in [0.1, 0.15) is 13.8 Å². The van der Waals surface area contributed by atoms with E-state index < -0.39 is 29.8 Å². The van der Waals surface area contributed by atoms with Crippen molar-refractivity contribution in [3.8, 4) is 0 Å². The minimum atomic E-state index is -0.834. The molecule has 0 bridgehead atoms. The first kappa shape index (κ1) is 15.8. The third kappa shape index (κ3) is 5.80. The van der Waals surface area contributed by atoms with Crippen LogP contribution >= 0.6 is 0 Å². The number of nitrogens with two attached hydrogens (primary N) is 1. The van der Waals surface area contributed by atoms with E-state index in [0.29, 0.717) is 6.41 Å². The van der Waals surface area contributed by atoms with E-state index in [1.54, 1.807) is 0 Å². The lowest BCUT2D eigenvalue weighted by molar-refractivity contribution is -0.131. The molecule has 0 aromatic carbocycles. The molecule has 0 aliphatic rings. The van der Waals surface area contributed by atoms with Crippen LogP contribution in [0.25, 0.3) is 0 Å². The number of hydrogen-bond donors (Lipinski definition) is 5. The summed E-state index contributed by atoms with van der Waals surface area (Å²) in [6.07, 6.45) is 0.389. The second-order valence-corrected chi connectivity index (χ2v) is 3.52. The maximum absolute atomic E-state index is 11.4. The van der Waals surface area contributed by atoms with Crippen molar-refractivity contribution in [1.82, 2.24) is 21.4 Å². The average molecular weight is 259 g/mol. The van der Waals surface area contributed by atoms with Gasteiger partial charge in [-0.05, 0) is 13.8 Å². The predicted molar refractivity (Wildman–Crippen MR) is 61.6 cm³/mol. The topological polar surface area (TPSA) is 142 Å². The fraction of sp³-hybridized carbons (Fsp3) is 0.556. The summed E-state index contributed by atoms with van der Waals surface area (Å²) in [5.74, 6) is 3.23. The summed E-state index contributed by atoms with van der Waals surface area (Å²) in [5, 5.41) is 6.89. The molecule has 0 saturated carbocycles. The zero-order valence-electron chi connectivity index (χ0n) is 10.1. The minimum absolute atomic E-state index is 0.280. The van der Waals surface area contributed by atoms with Gasteiger partial charge in [0.1, 0.15) is 12.1 Å². The normalized spacial score (nSPS) is 12.8. The largest absolute Gasteiger partial charge is 0.347 e. The molecule has 0 aromatic heterocycles. The average Bonchev–Trinajstić information content (AvgIpc) is 2.35. The molecule has 2 unspecified atom stereocenters. The van der Waals surface area contributed by atoms with E-state index in [-0.39, 0.29) is 6.54 Å². The SMILES string of the molecule is CC(NC=O)C(=O)NC(C)C(=O)NCC(=O)NN. The highest BCUT2D eigenvalue weighted by Gasteiger charge is 2.19. The number of nitrogens with one attached hydrogen (secondary N) is 4. The van der Waals surface area contributed by atoms with Crippen LogP contribution in [-0.4, -0.2) is 42.8 Å². The Balaban J connectivity index is 4.11. The minimum Gasteiger partial charge on any atom is -0.347 e. The van der Waals surface area contributed by atoms with Gasteiger partial charge in [-0.25, -0.2) is 5.84 Å². The molecular formula is C9H17N5O4. The van der Waals surface area contributed by atoms with Gasteiger partial charge in [0.15, 0.2) is 0 Å². The smallest absolute Gasteiger partial charge is 0.253 e. The number of hydrazine groups is 1. The number of hydrogen-bond acceptors (Lipinski definition) is 5. The van der Waals surface area contributed by atoms with E-state index >= 15 is 0 Å². The number of rotatable bonds is 7. The molecule has 0 radical (unpaired) electrons. The summed E-state index contributed by atoms with van der Waals surface area (Å²) in [6.45, 7) is 2.63. The van der Waals surface area contributed by atoms with Gasteiger partial charge in [0, 0.05) is 0 Å². The Morgan fingerprint density at radius 1 is 1.17 bits per heavy atom. The van der Waals surface area contributed by atoms with E-state index in [2.05, 4.69) is 16.0 Å². The fourth-order valence-electron chi connectivity index (χ4n) is 0.953. The summed E-state index contributed by atoms with van der Waals surface area (Å²) >= 11 is 0. The van der Waals surface area contributed by atoms with Gasteiger partial charge in [0.05, 0.1) is 6.54 Å². The summed E-state index contributed by atoms with van der Waals surface area (Å²) in [5.41, 5.74) is 1.85. The van der Waals surface area contributed by atoms with Crippen molar-refractivity contribution in [2.45, 2.75) is 25.9 Å². The molecule has 0 heterocycles. The first-order valence-electron chi connectivity index (χ1n) is 5.19. The van der Waals surface area contributed by atoms with Gasteiger partial charge in [-0.3, -0.25) is 24.6 Å². The lowest BCUT2D eigenvalue weighted by Crippen LogP contribution is -2.51. The lowest BCUT2D eigenvalue weighted by atomic mass is 10.2. The third-order valence-electron chi connectivity index (χ3n) is 2.05. The van der Waals surface area contributed by atoms with Crippen molar-refractivity contribution in [2.75, 3.05) is 6.54 Å². The van der Waals surface area contributed by atoms with Crippen LogP contribution in [0, 0.1) is 0 Å². The molecule has 18 heavy (non-hydrogen) atoms. The standard InChI is InChI=1S/C9H17N5O4/c1-5(12-4-15)9(18)13-6(2)8(17)11-3-7(16)14-10/h4-6H,3,10H2,1-2H3,(H,11,17)(H,12,15)(H,13,18)(H,14,16). The molecular weight excluding hydrogens is 242 g/mol. The Bertz CT molecular complexity index is 333. The van der Waals surface area contributed by atoms with Crippen molar-refractivity contribution in [1.29, 1.82) is 0 Å². The quantitative estimate of drug-likeness (QED) is 0.141. The van der Waals surface area contributed by atoms with Gasteiger partial charge in [0.25, 0.3) is 5.91 Å². The maximum Gasteiger partial charge on any atom is 0.253 e. The first-order chi connectivity index (χ1) is 8.42. The summed E-state index contributed by atoms with van der Waals surface area (Å²) in [6, 6.07) is -1.58. The highest BCUT2D eigenvalue weighted by atomic mass is 16.2. The third-order valence-corrected chi connectivity index (χ3v) is 2.05. The van der Waals surface area contributed by atoms with Crippen LogP contribution in [0.3, 0.4) is 0 Å². The molecule has 2 atom stereocenters. The maximum atomic E-state index is 11.4. The highest BCUT2D eigenvalue weighted by Crippen LogP contribution is 1.86. The molecule has 0 aliphatic heterocycles. The molecule has 0 saturated heterocycles. The zero-order chi connectivity index (χ0) is 14.1. The number of amides is 4. The van der Waals surface area contributed by atoms with Crippen LogP contribution in [0.5, 0.6) is 0 Å². The van der Waals surface area contributed by atoms with Gasteiger partial charge in [-0.2, -0.15) is 0 Å². The molecule has 4 amide bonds. The number of carbonyl (C=O) groups excluding carboxylic acids is 4. The lowest BCUT2D eigenvalue weighted by Gasteiger charge is -2.16. The molecule has 0 rings (SSSR count). The van der Waals surface area contributed by atoms with Crippen molar-refractivity contribution >= 4 is 24.1 Å². The Morgan fingerprint density at radius 2 is 1.78 bits per heavy atom. The summed E-state index contributed by atoms with van der Waals surface area (Å²) < 4.78 is 0. The molecule has 102 valence electrons. The molecule has 0 aromatic rings. The Hall–Kier alpha value is -2.16. The van der Waals surface area contributed by atoms with Gasteiger partial charge in [-0.1, -0.05) is 0 Å². The monoisotopic (exact) mass is 259 g/mol. The molecule has 0 aliphatic carbocycles. The Morgan fingerprint density at radius 3 is 2.28 bits per heavy atom. The van der Waals surface area contributed by atoms with Crippen LogP contribution in [0.2, 0.25) is 0 Å². The van der Waals surface area contributed by atoms with Crippen LogP contribution in [0.15, 0.2) is 0 Å². The van der Waals surface area contributed by atoms with Gasteiger partial charge >= 0.3 is 0 Å². The van der Waals surface area contributed by atoms with Gasteiger partial charge in [0.2, 0.25) is 18.2 Å². The van der Waals surface area contributed by atoms with Gasteiger partial charge in [-0.15, -0.1) is 0 Å². The molecule has 6 N–H and O–H groups in total. The van der Waals surface area contributed by atoms with E-state index in [9.17, 15) is 19.2 Å². The van der Waals surface area contributed by atoms with E-state index in [1.807, 2.05) is 5.43 Å². The summed E-state index contributed by atoms with van der Waals surface area (Å²) in [4.78, 5) is 43.8. The molecule has 0 spiro atoms. The zero-order valence-corrected chi connectivity index (χ0v) is 10.1. The van der Waals surface area contributed by atoms with Gasteiger partial charge < -0.3 is 16.0 Å². The van der Waals surface area contributed by atoms with Crippen LogP contribution < -0.4 is 27.2 Å². The van der Waals surface area contributed by atoms with E-state index in [4.69, 9.17) is 5.84 Å². The van der Waals surface area contributed by atoms with Crippen molar-refractivity contribution in [3.05, 3.63) is 0 Å². The second-order valence-electron chi connectivity index (χ2n) is 3.52. The summed E-state index contributed by atoms with van der Waals surface area (Å²) in [7, 11) is 0. The van der Waals surface area contributed by atoms with E-state index in [1.165, 1.54) is 13.8 Å². The van der Waals surface area contributed by atoms with Crippen LogP contribution in [0.4, 0.5) is 0 Å².